The molecule has 0 aliphatic heterocycles. The third kappa shape index (κ3) is 64.1. The molecular formula is C73H142O17P2. The molecule has 0 aliphatic rings. The molecule has 17 nitrogen and oxygen atoms in total. The molecule has 3 N–H and O–H groups in total. The molecule has 0 saturated heterocycles. The minimum Gasteiger partial charge on any atom is -0.462 e. The fraction of sp³-hybridized carbons (Fsp3) is 0.945. The summed E-state index contributed by atoms with van der Waals surface area (Å²) in [5, 5.41) is 10.6. The predicted molar refractivity (Wildman–Crippen MR) is 372 cm³/mol. The zero-order chi connectivity index (χ0) is 68.2. The van der Waals surface area contributed by atoms with Gasteiger partial charge in [-0.05, 0) is 49.4 Å². The third-order valence-electron chi connectivity index (χ3n) is 17.5. The topological polar surface area (TPSA) is 237 Å². The van der Waals surface area contributed by atoms with Gasteiger partial charge in [0.2, 0.25) is 0 Å². The van der Waals surface area contributed by atoms with E-state index in [0.717, 1.165) is 114 Å². The van der Waals surface area contributed by atoms with Gasteiger partial charge in [-0.15, -0.1) is 0 Å². The standard InChI is InChI=1S/C73H142O17P2/c1-9-65(7)51-43-35-27-19-15-13-11-12-14-16-20-29-37-45-53-70(75)83-59-68(89-72(77)55-47-39-30-21-17-18-25-33-41-49-63(3)4)61-87-91(79,80)85-57-67(74)58-86-92(81,82)88-62-69(60-84-71(76)54-46-38-32-24-26-34-42-50-64(5)6)90-73(78)56-48-40-31-23-22-28-36-44-52-66(8)10-2/h63-69,74H,9-62H2,1-8H3,(H,79,80)(H,81,82)/t65?,66?,67?,68-,69-/m1/s1. The van der Waals surface area contributed by atoms with Crippen LogP contribution < -0.4 is 0 Å². The zero-order valence-corrected chi connectivity index (χ0v) is 62.0. The fourth-order valence-electron chi connectivity index (χ4n) is 11.0. The number of hydrogen-bond donors (Lipinski definition) is 3. The van der Waals surface area contributed by atoms with Gasteiger partial charge in [0.15, 0.2) is 12.2 Å². The van der Waals surface area contributed by atoms with Crippen LogP contribution in [0.25, 0.3) is 0 Å². The van der Waals surface area contributed by atoms with E-state index in [1.165, 1.54) is 161 Å². The number of ether oxygens (including phenoxy) is 4. The molecule has 0 bridgehead atoms. The van der Waals surface area contributed by atoms with Crippen molar-refractivity contribution in [3.05, 3.63) is 0 Å². The van der Waals surface area contributed by atoms with E-state index in [4.69, 9.17) is 37.0 Å². The van der Waals surface area contributed by atoms with Gasteiger partial charge in [0.05, 0.1) is 26.4 Å². The highest BCUT2D eigenvalue weighted by Gasteiger charge is 2.30. The SMILES string of the molecule is CCC(C)CCCCCCCCCCCCCCCCC(=O)OC[C@H](COP(=O)(O)OCC(O)COP(=O)(O)OC[C@@H](COC(=O)CCCCCCCCCC(C)C)OC(=O)CCCCCCCCCCC(C)CC)OC(=O)CCCCCCCCCCCC(C)C. The molecule has 0 aliphatic carbocycles. The van der Waals surface area contributed by atoms with E-state index in [9.17, 15) is 43.2 Å². The highest BCUT2D eigenvalue weighted by molar-refractivity contribution is 7.47. The van der Waals surface area contributed by atoms with E-state index in [0.29, 0.717) is 31.6 Å². The maximum Gasteiger partial charge on any atom is 0.472 e. The molecule has 92 heavy (non-hydrogen) atoms. The van der Waals surface area contributed by atoms with Gasteiger partial charge < -0.3 is 33.8 Å². The molecule has 546 valence electrons. The Labute approximate surface area is 562 Å². The van der Waals surface area contributed by atoms with Crippen LogP contribution in [0.4, 0.5) is 0 Å². The second kappa shape index (κ2) is 62.6. The van der Waals surface area contributed by atoms with Gasteiger partial charge in [0.1, 0.15) is 19.3 Å². The van der Waals surface area contributed by atoms with Crippen LogP contribution in [-0.2, 0) is 65.4 Å². The second-order valence-corrected chi connectivity index (χ2v) is 30.7. The number of unbranched alkanes of at least 4 members (excludes halogenated alkanes) is 34. The van der Waals surface area contributed by atoms with Crippen LogP contribution in [-0.4, -0.2) is 96.7 Å². The van der Waals surface area contributed by atoms with Crippen LogP contribution in [0.15, 0.2) is 0 Å². The molecule has 0 amide bonds. The van der Waals surface area contributed by atoms with Gasteiger partial charge in [0.25, 0.3) is 0 Å². The molecule has 0 spiro atoms. The normalized spacial score (nSPS) is 14.8. The minimum absolute atomic E-state index is 0.104. The molecule has 5 unspecified atom stereocenters. The average Bonchev–Trinajstić information content (AvgIpc) is 1.47. The summed E-state index contributed by atoms with van der Waals surface area (Å²) in [5.74, 6) is 0.933. The lowest BCUT2D eigenvalue weighted by atomic mass is 9.99. The summed E-state index contributed by atoms with van der Waals surface area (Å²) in [6.45, 7) is 14.1. The maximum atomic E-state index is 13.0. The maximum absolute atomic E-state index is 13.0. The molecule has 0 aromatic heterocycles. The number of aliphatic hydroxyl groups is 1. The van der Waals surface area contributed by atoms with Crippen molar-refractivity contribution in [2.75, 3.05) is 39.6 Å². The van der Waals surface area contributed by atoms with Crippen LogP contribution in [0.5, 0.6) is 0 Å². The Morgan fingerprint density at radius 1 is 0.304 bits per heavy atom. The number of carbonyl (C=O) groups excluding carboxylic acids is 4. The molecule has 0 fully saturated rings. The molecule has 7 atom stereocenters. The van der Waals surface area contributed by atoms with Crippen molar-refractivity contribution in [1.29, 1.82) is 0 Å². The minimum atomic E-state index is -4.96. The quantitative estimate of drug-likeness (QED) is 0.0222. The molecule has 0 radical (unpaired) electrons. The Bertz CT molecular complexity index is 1820. The summed E-state index contributed by atoms with van der Waals surface area (Å²) in [5.41, 5.74) is 0. The van der Waals surface area contributed by atoms with Crippen LogP contribution in [0.3, 0.4) is 0 Å². The fourth-order valence-corrected chi connectivity index (χ4v) is 12.5. The summed E-state index contributed by atoms with van der Waals surface area (Å²) in [6, 6.07) is 0. The highest BCUT2D eigenvalue weighted by Crippen LogP contribution is 2.45. The first kappa shape index (κ1) is 90.1. The monoisotopic (exact) mass is 1350 g/mol. The number of aliphatic hydroxyl groups excluding tert-OH is 1. The van der Waals surface area contributed by atoms with E-state index in [2.05, 4.69) is 55.4 Å². The summed E-state index contributed by atoms with van der Waals surface area (Å²) < 4.78 is 68.4. The van der Waals surface area contributed by atoms with Gasteiger partial charge in [-0.1, -0.05) is 312 Å². The van der Waals surface area contributed by atoms with Gasteiger partial charge in [-0.25, -0.2) is 9.13 Å². The first-order chi connectivity index (χ1) is 44.2. The summed E-state index contributed by atoms with van der Waals surface area (Å²) in [4.78, 5) is 72.6. The molecule has 0 saturated carbocycles. The van der Waals surface area contributed by atoms with Crippen LogP contribution in [0.2, 0.25) is 0 Å². The predicted octanol–water partition coefficient (Wildman–Crippen LogP) is 20.9. The van der Waals surface area contributed by atoms with Crippen molar-refractivity contribution in [2.24, 2.45) is 23.7 Å². The number of phosphoric acid groups is 2. The molecule has 0 heterocycles. The largest absolute Gasteiger partial charge is 0.472 e. The Morgan fingerprint density at radius 3 is 0.772 bits per heavy atom. The second-order valence-electron chi connectivity index (χ2n) is 27.8. The molecule has 19 heteroatoms. The van der Waals surface area contributed by atoms with E-state index in [-0.39, 0.29) is 25.7 Å². The Morgan fingerprint density at radius 2 is 0.522 bits per heavy atom. The summed E-state index contributed by atoms with van der Waals surface area (Å²) >= 11 is 0. The lowest BCUT2D eigenvalue weighted by Gasteiger charge is -2.21. The van der Waals surface area contributed by atoms with Gasteiger partial charge >= 0.3 is 39.5 Å². The third-order valence-corrected chi connectivity index (χ3v) is 19.4. The van der Waals surface area contributed by atoms with E-state index in [1.807, 2.05) is 0 Å². The van der Waals surface area contributed by atoms with Crippen molar-refractivity contribution < 1.29 is 80.2 Å². The van der Waals surface area contributed by atoms with Crippen molar-refractivity contribution in [3.63, 3.8) is 0 Å². The summed E-state index contributed by atoms with van der Waals surface area (Å²) in [6.07, 6.45) is 45.8. The Kier molecular flexibility index (Phi) is 61.3. The first-order valence-corrected chi connectivity index (χ1v) is 40.8. The molecule has 0 aromatic rings. The van der Waals surface area contributed by atoms with E-state index >= 15 is 0 Å². The summed E-state index contributed by atoms with van der Waals surface area (Å²) in [7, 11) is -9.91. The highest BCUT2D eigenvalue weighted by atomic mass is 31.2. The van der Waals surface area contributed by atoms with Gasteiger partial charge in [-0.3, -0.25) is 37.3 Å². The first-order valence-electron chi connectivity index (χ1n) is 37.8. The van der Waals surface area contributed by atoms with Crippen LogP contribution >= 0.6 is 15.6 Å². The van der Waals surface area contributed by atoms with Crippen molar-refractivity contribution in [3.8, 4) is 0 Å². The number of carbonyl (C=O) groups is 4. The van der Waals surface area contributed by atoms with Crippen molar-refractivity contribution in [1.82, 2.24) is 0 Å². The molecule has 0 rings (SSSR count). The van der Waals surface area contributed by atoms with Gasteiger partial charge in [0, 0.05) is 25.7 Å². The molecular weight excluding hydrogens is 1210 g/mol. The Balaban J connectivity index is 5.23. The lowest BCUT2D eigenvalue weighted by Crippen LogP contribution is -2.30. The van der Waals surface area contributed by atoms with Gasteiger partial charge in [-0.2, -0.15) is 0 Å². The Hall–Kier alpha value is -1.94. The van der Waals surface area contributed by atoms with Crippen molar-refractivity contribution >= 4 is 39.5 Å². The van der Waals surface area contributed by atoms with Crippen molar-refractivity contribution in [2.45, 2.75) is 382 Å². The number of rotatable bonds is 70. The average molecular weight is 1350 g/mol. The molecule has 0 aromatic carbocycles. The van der Waals surface area contributed by atoms with Crippen LogP contribution in [0.1, 0.15) is 364 Å². The number of phosphoric ester groups is 2. The van der Waals surface area contributed by atoms with E-state index in [1.54, 1.807) is 0 Å². The van der Waals surface area contributed by atoms with E-state index < -0.39 is 97.5 Å². The number of hydrogen-bond acceptors (Lipinski definition) is 15. The smallest absolute Gasteiger partial charge is 0.462 e. The number of esters is 4. The zero-order valence-electron chi connectivity index (χ0n) is 60.2. The lowest BCUT2D eigenvalue weighted by molar-refractivity contribution is -0.161. The van der Waals surface area contributed by atoms with Crippen LogP contribution in [0, 0.1) is 23.7 Å².